The molecule has 0 saturated heterocycles. The van der Waals surface area contributed by atoms with Gasteiger partial charge in [0.2, 0.25) is 5.91 Å². The number of rotatable bonds is 5. The lowest BCUT2D eigenvalue weighted by molar-refractivity contribution is -0.116. The van der Waals surface area contributed by atoms with Crippen molar-refractivity contribution in [3.63, 3.8) is 0 Å². The molecular formula is C22H15N3O2S3. The molecule has 1 N–H and O–H groups in total. The molecule has 0 unspecified atom stereocenters. The summed E-state index contributed by atoms with van der Waals surface area (Å²) in [5.74, 6) is -0.268. The third-order valence-corrected chi connectivity index (χ3v) is 7.34. The summed E-state index contributed by atoms with van der Waals surface area (Å²) in [6.45, 7) is -0.0969. The number of anilines is 1. The number of nitrogens with one attached hydrogen (secondary N) is 1. The number of para-hydroxylation sites is 1. The van der Waals surface area contributed by atoms with E-state index >= 15 is 0 Å². The lowest BCUT2D eigenvalue weighted by Crippen LogP contribution is -2.27. The van der Waals surface area contributed by atoms with Gasteiger partial charge >= 0.3 is 0 Å². The maximum atomic E-state index is 13.1. The molecule has 0 bridgehead atoms. The van der Waals surface area contributed by atoms with Gasteiger partial charge in [-0.15, -0.1) is 34.0 Å². The number of hydrogen-bond acceptors (Lipinski definition) is 6. The highest BCUT2D eigenvalue weighted by atomic mass is 32.1. The number of thiophene rings is 3. The average molecular weight is 450 g/mol. The summed E-state index contributed by atoms with van der Waals surface area (Å²) in [5.41, 5.74) is 2.35. The molecule has 4 heterocycles. The Kier molecular flexibility index (Phi) is 5.04. The highest BCUT2D eigenvalue weighted by molar-refractivity contribution is 7.18. The molecule has 5 rings (SSSR count). The highest BCUT2D eigenvalue weighted by Crippen LogP contribution is 2.33. The number of amides is 1. The van der Waals surface area contributed by atoms with Crippen LogP contribution in [0.3, 0.4) is 0 Å². The highest BCUT2D eigenvalue weighted by Gasteiger charge is 2.16. The molecule has 30 heavy (non-hydrogen) atoms. The minimum absolute atomic E-state index is 0.0969. The fourth-order valence-electron chi connectivity index (χ4n) is 3.28. The molecule has 5 nitrogen and oxygen atoms in total. The molecule has 1 aromatic carbocycles. The van der Waals surface area contributed by atoms with Crippen molar-refractivity contribution in [3.05, 3.63) is 81.4 Å². The van der Waals surface area contributed by atoms with Gasteiger partial charge < -0.3 is 5.32 Å². The Balaban J connectivity index is 1.44. The minimum Gasteiger partial charge on any atom is -0.324 e. The van der Waals surface area contributed by atoms with Crippen LogP contribution in [0.25, 0.3) is 31.1 Å². The first-order valence-electron chi connectivity index (χ1n) is 9.14. The normalized spacial score (nSPS) is 11.1. The number of carbonyl (C=O) groups is 1. The van der Waals surface area contributed by atoms with Crippen LogP contribution < -0.4 is 10.9 Å². The molecule has 0 aliphatic heterocycles. The molecule has 0 aliphatic rings. The molecule has 0 saturated carbocycles. The Hall–Kier alpha value is -3.07. The Morgan fingerprint density at radius 1 is 0.933 bits per heavy atom. The Bertz CT molecular complexity index is 1380. The zero-order valence-electron chi connectivity index (χ0n) is 15.6. The van der Waals surface area contributed by atoms with Gasteiger partial charge in [0.05, 0.1) is 11.7 Å². The third kappa shape index (κ3) is 3.49. The quantitative estimate of drug-likeness (QED) is 0.382. The van der Waals surface area contributed by atoms with Crippen molar-refractivity contribution in [2.24, 2.45) is 0 Å². The minimum atomic E-state index is -0.268. The van der Waals surface area contributed by atoms with Crippen molar-refractivity contribution in [2.75, 3.05) is 5.32 Å². The zero-order valence-corrected chi connectivity index (χ0v) is 18.0. The standard InChI is InChI=1S/C22H15N3O2S3/c26-19(24-16-6-2-1-5-14(16)17-7-3-9-28-17)11-25-13-23-21-20(22(25)27)15(12-30-21)18-8-4-10-29-18/h1-10,12-13H,11H2,(H,24,26). The van der Waals surface area contributed by atoms with Gasteiger partial charge in [-0.05, 0) is 29.0 Å². The van der Waals surface area contributed by atoms with E-state index in [1.807, 2.05) is 64.7 Å². The number of carbonyl (C=O) groups excluding carboxylic acids is 1. The number of benzene rings is 1. The van der Waals surface area contributed by atoms with Crippen LogP contribution in [0.15, 0.2) is 75.8 Å². The van der Waals surface area contributed by atoms with Gasteiger partial charge in [0, 0.05) is 31.9 Å². The monoisotopic (exact) mass is 449 g/mol. The second-order valence-corrected chi connectivity index (χ2v) is 9.31. The first-order chi connectivity index (χ1) is 14.7. The molecule has 5 aromatic rings. The van der Waals surface area contributed by atoms with E-state index in [2.05, 4.69) is 10.3 Å². The van der Waals surface area contributed by atoms with Crippen molar-refractivity contribution in [1.29, 1.82) is 0 Å². The summed E-state index contributed by atoms with van der Waals surface area (Å²) in [6, 6.07) is 15.6. The van der Waals surface area contributed by atoms with E-state index in [0.29, 0.717) is 10.2 Å². The summed E-state index contributed by atoms with van der Waals surface area (Å²) in [6.07, 6.45) is 1.45. The summed E-state index contributed by atoms with van der Waals surface area (Å²) >= 11 is 4.63. The van der Waals surface area contributed by atoms with Crippen LogP contribution in [0.1, 0.15) is 0 Å². The number of fused-ring (bicyclic) bond motifs is 1. The summed E-state index contributed by atoms with van der Waals surface area (Å²) in [5, 5.41) is 9.44. The van der Waals surface area contributed by atoms with E-state index in [1.54, 1.807) is 22.7 Å². The van der Waals surface area contributed by atoms with Crippen LogP contribution in [0.2, 0.25) is 0 Å². The third-order valence-electron chi connectivity index (χ3n) is 4.65. The molecule has 8 heteroatoms. The SMILES string of the molecule is O=C(Cn1cnc2scc(-c3cccs3)c2c1=O)Nc1ccccc1-c1cccs1. The van der Waals surface area contributed by atoms with Gasteiger partial charge in [0.15, 0.2) is 0 Å². The first-order valence-corrected chi connectivity index (χ1v) is 11.8. The fraction of sp³-hybridized carbons (Fsp3) is 0.0455. The second kappa shape index (κ2) is 7.98. The van der Waals surface area contributed by atoms with Crippen molar-refractivity contribution in [3.8, 4) is 20.9 Å². The van der Waals surface area contributed by atoms with Gasteiger partial charge in [-0.3, -0.25) is 14.2 Å². The predicted octanol–water partition coefficient (Wildman–Crippen LogP) is 5.55. The summed E-state index contributed by atoms with van der Waals surface area (Å²) in [7, 11) is 0. The molecule has 148 valence electrons. The van der Waals surface area contributed by atoms with Crippen molar-refractivity contribution < 1.29 is 4.79 Å². The fourth-order valence-corrected chi connectivity index (χ4v) is 5.76. The van der Waals surface area contributed by atoms with E-state index in [4.69, 9.17) is 0 Å². The van der Waals surface area contributed by atoms with Gasteiger partial charge in [-0.1, -0.05) is 30.3 Å². The van der Waals surface area contributed by atoms with Crippen molar-refractivity contribution >= 4 is 55.8 Å². The molecule has 4 aromatic heterocycles. The van der Waals surface area contributed by atoms with Gasteiger partial charge in [-0.25, -0.2) is 4.98 Å². The Morgan fingerprint density at radius 3 is 2.40 bits per heavy atom. The number of aromatic nitrogens is 2. The van der Waals surface area contributed by atoms with Crippen LogP contribution in [0, 0.1) is 0 Å². The van der Waals surface area contributed by atoms with E-state index in [1.165, 1.54) is 22.2 Å². The Morgan fingerprint density at radius 2 is 1.67 bits per heavy atom. The van der Waals surface area contributed by atoms with Gasteiger partial charge in [-0.2, -0.15) is 0 Å². The smallest absolute Gasteiger partial charge is 0.263 e. The van der Waals surface area contributed by atoms with Crippen molar-refractivity contribution in [1.82, 2.24) is 9.55 Å². The largest absolute Gasteiger partial charge is 0.324 e. The predicted molar refractivity (Wildman–Crippen MR) is 126 cm³/mol. The first kappa shape index (κ1) is 18.9. The van der Waals surface area contributed by atoms with Crippen LogP contribution in [-0.2, 0) is 11.3 Å². The van der Waals surface area contributed by atoms with Crippen molar-refractivity contribution in [2.45, 2.75) is 6.54 Å². The summed E-state index contributed by atoms with van der Waals surface area (Å²) < 4.78 is 1.37. The molecule has 0 radical (unpaired) electrons. The zero-order chi connectivity index (χ0) is 20.5. The number of hydrogen-bond donors (Lipinski definition) is 1. The van der Waals surface area contributed by atoms with E-state index in [-0.39, 0.29) is 18.0 Å². The molecule has 0 atom stereocenters. The van der Waals surface area contributed by atoms with Crippen LogP contribution in [0.5, 0.6) is 0 Å². The lowest BCUT2D eigenvalue weighted by atomic mass is 10.1. The van der Waals surface area contributed by atoms with E-state index in [0.717, 1.165) is 26.6 Å². The van der Waals surface area contributed by atoms with Gasteiger partial charge in [0.25, 0.3) is 5.56 Å². The average Bonchev–Trinajstić information content (AvgIpc) is 3.52. The maximum absolute atomic E-state index is 13.1. The molecule has 1 amide bonds. The van der Waals surface area contributed by atoms with Crippen LogP contribution in [0.4, 0.5) is 5.69 Å². The number of nitrogens with zero attached hydrogens (tertiary/aromatic N) is 2. The van der Waals surface area contributed by atoms with E-state index in [9.17, 15) is 9.59 Å². The van der Waals surface area contributed by atoms with Crippen LogP contribution in [-0.4, -0.2) is 15.5 Å². The molecular weight excluding hydrogens is 434 g/mol. The topological polar surface area (TPSA) is 64.0 Å². The van der Waals surface area contributed by atoms with Crippen LogP contribution >= 0.6 is 34.0 Å². The molecule has 0 spiro atoms. The second-order valence-electron chi connectivity index (χ2n) is 6.56. The lowest BCUT2D eigenvalue weighted by Gasteiger charge is -2.11. The Labute approximate surface area is 183 Å². The van der Waals surface area contributed by atoms with Gasteiger partial charge in [0.1, 0.15) is 11.4 Å². The molecule has 0 aliphatic carbocycles. The maximum Gasteiger partial charge on any atom is 0.263 e. The summed E-state index contributed by atoms with van der Waals surface area (Å²) in [4.78, 5) is 33.0. The van der Waals surface area contributed by atoms with E-state index < -0.39 is 0 Å². The molecule has 0 fully saturated rings.